The van der Waals surface area contributed by atoms with Gasteiger partial charge in [0.15, 0.2) is 0 Å². The molecule has 0 aliphatic heterocycles. The summed E-state index contributed by atoms with van der Waals surface area (Å²) in [7, 11) is 1.56. The number of hydrogen-bond donors (Lipinski definition) is 1. The van der Waals surface area contributed by atoms with E-state index in [0.29, 0.717) is 22.3 Å². The Labute approximate surface area is 160 Å². The predicted octanol–water partition coefficient (Wildman–Crippen LogP) is 4.51. The smallest absolute Gasteiger partial charge is 0.348 e. The third-order valence-electron chi connectivity index (χ3n) is 3.87. The summed E-state index contributed by atoms with van der Waals surface area (Å²) < 4.78 is 10.1. The predicted molar refractivity (Wildman–Crippen MR) is 104 cm³/mol. The van der Waals surface area contributed by atoms with Crippen LogP contribution in [0.5, 0.6) is 0 Å². The van der Waals surface area contributed by atoms with Crippen LogP contribution in [0, 0.1) is 13.8 Å². The molecule has 1 aromatic carbocycles. The molecule has 0 saturated heterocycles. The highest BCUT2D eigenvalue weighted by atomic mass is 35.5. The van der Waals surface area contributed by atoms with Gasteiger partial charge in [-0.3, -0.25) is 0 Å². The molecule has 0 aliphatic carbocycles. The number of hydrogen-bond acceptors (Lipinski definition) is 7. The number of carbonyl (C=O) groups is 1. The van der Waals surface area contributed by atoms with E-state index in [4.69, 9.17) is 21.1 Å². The molecule has 0 amide bonds. The second-order valence-electron chi connectivity index (χ2n) is 5.67. The van der Waals surface area contributed by atoms with Gasteiger partial charge in [-0.2, -0.15) is 0 Å². The number of thiophene rings is 1. The summed E-state index contributed by atoms with van der Waals surface area (Å²) >= 11 is 7.31. The minimum absolute atomic E-state index is 0.212. The Morgan fingerprint density at radius 1 is 1.27 bits per heavy atom. The Balaban J connectivity index is 1.96. The number of carbonyl (C=O) groups excluding carboxylic acids is 1. The number of nitrogens with zero attached hydrogens (tertiary/aromatic N) is 2. The maximum atomic E-state index is 12.3. The van der Waals surface area contributed by atoms with Crippen molar-refractivity contribution in [3.05, 3.63) is 45.6 Å². The molecule has 3 rings (SSSR count). The van der Waals surface area contributed by atoms with Gasteiger partial charge in [-0.1, -0.05) is 11.6 Å². The van der Waals surface area contributed by atoms with E-state index in [1.807, 2.05) is 32.0 Å². The molecule has 0 atom stereocenters. The van der Waals surface area contributed by atoms with Crippen LogP contribution < -0.4 is 5.32 Å². The zero-order chi connectivity index (χ0) is 18.7. The fourth-order valence-corrected chi connectivity index (χ4v) is 3.81. The molecule has 0 radical (unpaired) electrons. The van der Waals surface area contributed by atoms with Crippen molar-refractivity contribution in [2.75, 3.05) is 25.6 Å². The molecule has 0 spiro atoms. The Kier molecular flexibility index (Phi) is 5.70. The standard InChI is InChI=1S/C18H18ClN3O3S/c1-10-8-12(19)4-5-13(10)22-16-14-11(2)15(18(23)25-7-6-24-3)26-17(14)21-9-20-16/h4-5,8-9H,6-7H2,1-3H3,(H,20,21,22). The van der Waals surface area contributed by atoms with Crippen molar-refractivity contribution in [1.82, 2.24) is 9.97 Å². The van der Waals surface area contributed by atoms with E-state index in [1.54, 1.807) is 7.11 Å². The summed E-state index contributed by atoms with van der Waals surface area (Å²) in [6, 6.07) is 5.59. The van der Waals surface area contributed by atoms with Crippen molar-refractivity contribution >= 4 is 50.6 Å². The second-order valence-corrected chi connectivity index (χ2v) is 7.11. The summed E-state index contributed by atoms with van der Waals surface area (Å²) in [5.74, 6) is 0.265. The van der Waals surface area contributed by atoms with Gasteiger partial charge in [0, 0.05) is 17.8 Å². The Bertz CT molecular complexity index is 958. The van der Waals surface area contributed by atoms with Crippen LogP contribution in [0.15, 0.2) is 24.5 Å². The summed E-state index contributed by atoms with van der Waals surface area (Å²) in [4.78, 5) is 22.2. The largest absolute Gasteiger partial charge is 0.459 e. The quantitative estimate of drug-likeness (QED) is 0.492. The molecule has 0 fully saturated rings. The summed E-state index contributed by atoms with van der Waals surface area (Å²) in [6.45, 7) is 4.41. The van der Waals surface area contributed by atoms with Crippen molar-refractivity contribution in [3.8, 4) is 0 Å². The average molecular weight is 392 g/mol. The number of anilines is 2. The Hall–Kier alpha value is -2.22. The molecule has 0 bridgehead atoms. The highest BCUT2D eigenvalue weighted by Crippen LogP contribution is 2.35. The molecular formula is C18H18ClN3O3S. The number of fused-ring (bicyclic) bond motifs is 1. The number of rotatable bonds is 6. The Morgan fingerprint density at radius 3 is 2.81 bits per heavy atom. The first-order valence-corrected chi connectivity index (χ1v) is 9.14. The van der Waals surface area contributed by atoms with Crippen LogP contribution in [0.25, 0.3) is 10.2 Å². The molecule has 1 N–H and O–H groups in total. The zero-order valence-electron chi connectivity index (χ0n) is 14.6. The highest BCUT2D eigenvalue weighted by Gasteiger charge is 2.20. The lowest BCUT2D eigenvalue weighted by molar-refractivity contribution is 0.0393. The fourth-order valence-electron chi connectivity index (χ4n) is 2.54. The van der Waals surface area contributed by atoms with Gasteiger partial charge >= 0.3 is 5.97 Å². The number of methoxy groups -OCH3 is 1. The van der Waals surface area contributed by atoms with Crippen LogP contribution in [0.3, 0.4) is 0 Å². The SMILES string of the molecule is COCCOC(=O)c1sc2ncnc(Nc3ccc(Cl)cc3C)c2c1C. The first-order valence-electron chi connectivity index (χ1n) is 7.94. The number of aryl methyl sites for hydroxylation is 2. The molecule has 6 nitrogen and oxygen atoms in total. The topological polar surface area (TPSA) is 73.3 Å². The zero-order valence-corrected chi connectivity index (χ0v) is 16.2. The molecule has 2 aromatic heterocycles. The lowest BCUT2D eigenvalue weighted by atomic mass is 10.1. The van der Waals surface area contributed by atoms with E-state index < -0.39 is 0 Å². The molecule has 3 aromatic rings. The monoisotopic (exact) mass is 391 g/mol. The van der Waals surface area contributed by atoms with Crippen molar-refractivity contribution < 1.29 is 14.3 Å². The molecule has 8 heteroatoms. The van der Waals surface area contributed by atoms with E-state index in [9.17, 15) is 4.79 Å². The number of esters is 1. The summed E-state index contributed by atoms with van der Waals surface area (Å²) in [5, 5.41) is 4.80. The minimum atomic E-state index is -0.379. The van der Waals surface area contributed by atoms with Gasteiger partial charge in [0.05, 0.1) is 12.0 Å². The molecule has 0 saturated carbocycles. The van der Waals surface area contributed by atoms with Crippen LogP contribution in [0.1, 0.15) is 20.8 Å². The van der Waals surface area contributed by atoms with Crippen molar-refractivity contribution in [2.24, 2.45) is 0 Å². The lowest BCUT2D eigenvalue weighted by Crippen LogP contribution is -2.09. The maximum Gasteiger partial charge on any atom is 0.348 e. The molecule has 0 unspecified atom stereocenters. The average Bonchev–Trinajstić information content (AvgIpc) is 2.95. The van der Waals surface area contributed by atoms with Gasteiger partial charge in [-0.05, 0) is 43.2 Å². The first-order chi connectivity index (χ1) is 12.5. The number of aromatic nitrogens is 2. The van der Waals surface area contributed by atoms with Crippen LogP contribution in [0.2, 0.25) is 5.02 Å². The fraction of sp³-hybridized carbons (Fsp3) is 0.278. The van der Waals surface area contributed by atoms with Gasteiger partial charge in [0.2, 0.25) is 0 Å². The van der Waals surface area contributed by atoms with Crippen LogP contribution in [-0.2, 0) is 9.47 Å². The number of nitrogens with one attached hydrogen (secondary N) is 1. The first kappa shape index (κ1) is 18.6. The summed E-state index contributed by atoms with van der Waals surface area (Å²) in [6.07, 6.45) is 1.48. The maximum absolute atomic E-state index is 12.3. The van der Waals surface area contributed by atoms with E-state index in [2.05, 4.69) is 15.3 Å². The highest BCUT2D eigenvalue weighted by molar-refractivity contribution is 7.20. The molecule has 26 heavy (non-hydrogen) atoms. The van der Waals surface area contributed by atoms with Gasteiger partial charge in [0.1, 0.15) is 28.5 Å². The van der Waals surface area contributed by atoms with Crippen molar-refractivity contribution in [3.63, 3.8) is 0 Å². The summed E-state index contributed by atoms with van der Waals surface area (Å²) in [5.41, 5.74) is 2.68. The van der Waals surface area contributed by atoms with Crippen LogP contribution >= 0.6 is 22.9 Å². The van der Waals surface area contributed by atoms with E-state index in [-0.39, 0.29) is 12.6 Å². The minimum Gasteiger partial charge on any atom is -0.459 e. The van der Waals surface area contributed by atoms with Crippen molar-refractivity contribution in [2.45, 2.75) is 13.8 Å². The lowest BCUT2D eigenvalue weighted by Gasteiger charge is -2.10. The van der Waals surface area contributed by atoms with Gasteiger partial charge in [-0.15, -0.1) is 11.3 Å². The van der Waals surface area contributed by atoms with Gasteiger partial charge in [-0.25, -0.2) is 14.8 Å². The van der Waals surface area contributed by atoms with Crippen molar-refractivity contribution in [1.29, 1.82) is 0 Å². The molecule has 136 valence electrons. The van der Waals surface area contributed by atoms with Gasteiger partial charge in [0.25, 0.3) is 0 Å². The molecular weight excluding hydrogens is 374 g/mol. The van der Waals surface area contributed by atoms with Crippen LogP contribution in [-0.4, -0.2) is 36.3 Å². The Morgan fingerprint density at radius 2 is 2.08 bits per heavy atom. The number of halogens is 1. The molecule has 0 aliphatic rings. The van der Waals surface area contributed by atoms with E-state index >= 15 is 0 Å². The normalized spacial score (nSPS) is 10.9. The second kappa shape index (κ2) is 7.99. The van der Waals surface area contributed by atoms with E-state index in [1.165, 1.54) is 17.7 Å². The third-order valence-corrected chi connectivity index (χ3v) is 5.29. The van der Waals surface area contributed by atoms with Gasteiger partial charge < -0.3 is 14.8 Å². The van der Waals surface area contributed by atoms with E-state index in [0.717, 1.165) is 27.0 Å². The number of benzene rings is 1. The molecule has 2 heterocycles. The third kappa shape index (κ3) is 3.80. The number of ether oxygens (including phenoxy) is 2. The van der Waals surface area contributed by atoms with Crippen LogP contribution in [0.4, 0.5) is 11.5 Å².